The van der Waals surface area contributed by atoms with Gasteiger partial charge in [-0.2, -0.15) is 0 Å². The van der Waals surface area contributed by atoms with Crippen LogP contribution in [-0.4, -0.2) is 4.57 Å². The van der Waals surface area contributed by atoms with E-state index in [9.17, 15) is 4.79 Å². The Labute approximate surface area is 111 Å². The molecule has 0 amide bonds. The molecule has 96 valence electrons. The molecule has 0 spiro atoms. The highest BCUT2D eigenvalue weighted by atomic mass is 32.1. The van der Waals surface area contributed by atoms with Crippen LogP contribution in [-0.2, 0) is 13.1 Å². The minimum absolute atomic E-state index is 0.0390. The molecule has 0 unspecified atom stereocenters. The van der Waals surface area contributed by atoms with E-state index >= 15 is 0 Å². The molecule has 2 aromatic rings. The van der Waals surface area contributed by atoms with Gasteiger partial charge in [-0.3, -0.25) is 4.79 Å². The smallest absolute Gasteiger partial charge is 0.255 e. The molecule has 0 fully saturated rings. The van der Waals surface area contributed by atoms with Crippen LogP contribution in [0.4, 0.5) is 0 Å². The van der Waals surface area contributed by atoms with E-state index in [-0.39, 0.29) is 5.56 Å². The molecule has 2 N–H and O–H groups in total. The average Bonchev–Trinajstić information content (AvgIpc) is 2.84. The first kappa shape index (κ1) is 13.1. The zero-order valence-electron chi connectivity index (χ0n) is 10.7. The summed E-state index contributed by atoms with van der Waals surface area (Å²) in [5.41, 5.74) is 7.31. The minimum Gasteiger partial charge on any atom is -0.326 e. The predicted molar refractivity (Wildman–Crippen MR) is 76.7 cm³/mol. The molecule has 0 aliphatic heterocycles. The molecule has 0 atom stereocenters. The lowest BCUT2D eigenvalue weighted by Gasteiger charge is -2.15. The molecule has 4 heteroatoms. The molecule has 0 aliphatic rings. The highest BCUT2D eigenvalue weighted by Crippen LogP contribution is 2.24. The first-order valence-corrected chi connectivity index (χ1v) is 6.98. The standard InChI is InChI=1S/C14H18N2OS/c1-10(2)9-16-12(13-4-3-7-18-13)6-5-11(8-15)14(16)17/h3-7,10H,8-9,15H2,1-2H3. The van der Waals surface area contributed by atoms with Crippen LogP contribution in [0.15, 0.2) is 34.4 Å². The highest BCUT2D eigenvalue weighted by molar-refractivity contribution is 7.13. The monoisotopic (exact) mass is 262 g/mol. The van der Waals surface area contributed by atoms with Crippen LogP contribution in [0.2, 0.25) is 0 Å². The number of nitrogens with zero attached hydrogens (tertiary/aromatic N) is 1. The van der Waals surface area contributed by atoms with Crippen LogP contribution in [0.25, 0.3) is 10.6 Å². The van der Waals surface area contributed by atoms with Crippen molar-refractivity contribution in [2.45, 2.75) is 26.9 Å². The number of aromatic nitrogens is 1. The fraction of sp³-hybridized carbons (Fsp3) is 0.357. The molecule has 18 heavy (non-hydrogen) atoms. The molecular weight excluding hydrogens is 244 g/mol. The third-order valence-electron chi connectivity index (χ3n) is 2.79. The first-order chi connectivity index (χ1) is 8.63. The van der Waals surface area contributed by atoms with Gasteiger partial charge in [-0.25, -0.2) is 0 Å². The van der Waals surface area contributed by atoms with E-state index in [0.717, 1.165) is 17.1 Å². The van der Waals surface area contributed by atoms with Crippen molar-refractivity contribution in [3.63, 3.8) is 0 Å². The molecule has 0 saturated carbocycles. The second-order valence-electron chi connectivity index (χ2n) is 4.73. The summed E-state index contributed by atoms with van der Waals surface area (Å²) in [7, 11) is 0. The Morgan fingerprint density at radius 1 is 1.33 bits per heavy atom. The van der Waals surface area contributed by atoms with Crippen molar-refractivity contribution in [1.82, 2.24) is 4.57 Å². The van der Waals surface area contributed by atoms with Crippen LogP contribution in [0, 0.1) is 5.92 Å². The van der Waals surface area contributed by atoms with E-state index in [1.54, 1.807) is 11.3 Å². The van der Waals surface area contributed by atoms with Crippen molar-refractivity contribution < 1.29 is 0 Å². The number of pyridine rings is 1. The molecule has 2 aromatic heterocycles. The van der Waals surface area contributed by atoms with E-state index in [2.05, 4.69) is 13.8 Å². The van der Waals surface area contributed by atoms with Crippen molar-refractivity contribution in [3.05, 3.63) is 45.6 Å². The SMILES string of the molecule is CC(C)Cn1c(-c2cccs2)ccc(CN)c1=O. The second-order valence-corrected chi connectivity index (χ2v) is 5.68. The van der Waals surface area contributed by atoms with Gasteiger partial charge >= 0.3 is 0 Å². The van der Waals surface area contributed by atoms with E-state index in [1.165, 1.54) is 0 Å². The maximum atomic E-state index is 12.3. The lowest BCUT2D eigenvalue weighted by Crippen LogP contribution is -2.28. The highest BCUT2D eigenvalue weighted by Gasteiger charge is 2.11. The Morgan fingerprint density at radius 3 is 2.67 bits per heavy atom. The summed E-state index contributed by atoms with van der Waals surface area (Å²) in [6, 6.07) is 7.88. The number of thiophene rings is 1. The van der Waals surface area contributed by atoms with Gasteiger partial charge in [0.2, 0.25) is 0 Å². The molecule has 2 heterocycles. The lowest BCUT2D eigenvalue weighted by molar-refractivity contribution is 0.513. The average molecular weight is 262 g/mol. The van der Waals surface area contributed by atoms with Crippen LogP contribution >= 0.6 is 11.3 Å². The largest absolute Gasteiger partial charge is 0.326 e. The van der Waals surface area contributed by atoms with Gasteiger partial charge in [0.25, 0.3) is 5.56 Å². The summed E-state index contributed by atoms with van der Waals surface area (Å²) < 4.78 is 1.85. The van der Waals surface area contributed by atoms with Crippen molar-refractivity contribution in [1.29, 1.82) is 0 Å². The molecule has 0 saturated heterocycles. The second kappa shape index (κ2) is 5.50. The van der Waals surface area contributed by atoms with Crippen LogP contribution in [0.3, 0.4) is 0 Å². The maximum Gasteiger partial charge on any atom is 0.255 e. The topological polar surface area (TPSA) is 48.0 Å². The summed E-state index contributed by atoms with van der Waals surface area (Å²) in [5, 5.41) is 2.02. The van der Waals surface area contributed by atoms with Crippen molar-refractivity contribution in [3.8, 4) is 10.6 Å². The summed E-state index contributed by atoms with van der Waals surface area (Å²) in [6.45, 7) is 5.24. The Bertz CT molecular complexity index is 570. The van der Waals surface area contributed by atoms with E-state index < -0.39 is 0 Å². The summed E-state index contributed by atoms with van der Waals surface area (Å²) in [4.78, 5) is 13.5. The van der Waals surface area contributed by atoms with Gasteiger partial charge in [0, 0.05) is 18.7 Å². The molecule has 0 aromatic carbocycles. The van der Waals surface area contributed by atoms with Gasteiger partial charge in [0.05, 0.1) is 10.6 Å². The van der Waals surface area contributed by atoms with E-state index in [1.807, 2.05) is 34.2 Å². The summed E-state index contributed by atoms with van der Waals surface area (Å²) in [6.07, 6.45) is 0. The van der Waals surface area contributed by atoms with Crippen LogP contribution in [0.5, 0.6) is 0 Å². The number of nitrogens with two attached hydrogens (primary N) is 1. The van der Waals surface area contributed by atoms with Crippen molar-refractivity contribution in [2.24, 2.45) is 11.7 Å². The third-order valence-corrected chi connectivity index (χ3v) is 3.69. The predicted octanol–water partition coefficient (Wildman–Crippen LogP) is 2.69. The van der Waals surface area contributed by atoms with Gasteiger partial charge in [0.15, 0.2) is 0 Å². The molecule has 0 aliphatic carbocycles. The lowest BCUT2D eigenvalue weighted by atomic mass is 10.1. The Kier molecular flexibility index (Phi) is 3.99. The van der Waals surface area contributed by atoms with Gasteiger partial charge < -0.3 is 10.3 Å². The Morgan fingerprint density at radius 2 is 2.11 bits per heavy atom. The summed E-state index contributed by atoms with van der Waals surface area (Å²) >= 11 is 1.65. The van der Waals surface area contributed by atoms with Crippen molar-refractivity contribution in [2.75, 3.05) is 0 Å². The van der Waals surface area contributed by atoms with Crippen LogP contribution in [0.1, 0.15) is 19.4 Å². The van der Waals surface area contributed by atoms with Gasteiger partial charge in [0.1, 0.15) is 0 Å². The van der Waals surface area contributed by atoms with Crippen molar-refractivity contribution >= 4 is 11.3 Å². The number of hydrogen-bond donors (Lipinski definition) is 1. The third kappa shape index (κ3) is 2.54. The zero-order valence-corrected chi connectivity index (χ0v) is 11.5. The normalized spacial score (nSPS) is 11.1. The molecular formula is C14H18N2OS. The van der Waals surface area contributed by atoms with Crippen LogP contribution < -0.4 is 11.3 Å². The fourth-order valence-corrected chi connectivity index (χ4v) is 2.72. The number of hydrogen-bond acceptors (Lipinski definition) is 3. The molecule has 0 bridgehead atoms. The van der Waals surface area contributed by atoms with E-state index in [0.29, 0.717) is 18.0 Å². The molecule has 2 rings (SSSR count). The Balaban J connectivity index is 2.59. The minimum atomic E-state index is 0.0390. The molecule has 0 radical (unpaired) electrons. The summed E-state index contributed by atoms with van der Waals surface area (Å²) in [5.74, 6) is 0.425. The Hall–Kier alpha value is -1.39. The van der Waals surface area contributed by atoms with Gasteiger partial charge in [-0.1, -0.05) is 26.0 Å². The first-order valence-electron chi connectivity index (χ1n) is 6.10. The maximum absolute atomic E-state index is 12.3. The number of rotatable bonds is 4. The fourth-order valence-electron chi connectivity index (χ4n) is 1.96. The quantitative estimate of drug-likeness (QED) is 0.921. The van der Waals surface area contributed by atoms with E-state index in [4.69, 9.17) is 5.73 Å². The van der Waals surface area contributed by atoms with Gasteiger partial charge in [-0.05, 0) is 23.4 Å². The molecule has 3 nitrogen and oxygen atoms in total. The zero-order chi connectivity index (χ0) is 13.1. The van der Waals surface area contributed by atoms with Gasteiger partial charge in [-0.15, -0.1) is 11.3 Å².